The van der Waals surface area contributed by atoms with Gasteiger partial charge in [0.05, 0.1) is 25.5 Å². The first-order valence-corrected chi connectivity index (χ1v) is 5.80. The topological polar surface area (TPSA) is 56.3 Å². The van der Waals surface area contributed by atoms with Crippen LogP contribution >= 0.6 is 0 Å². The first-order valence-electron chi connectivity index (χ1n) is 5.80. The van der Waals surface area contributed by atoms with E-state index in [1.165, 1.54) is 13.2 Å². The molecule has 0 saturated carbocycles. The largest absolute Gasteiger partial charge is 0.493 e. The number of methoxy groups -OCH3 is 1. The van der Waals surface area contributed by atoms with E-state index in [1.807, 2.05) is 0 Å². The molecular weight excluding hydrogens is 268 g/mol. The van der Waals surface area contributed by atoms with Crippen LogP contribution in [0.5, 0.6) is 11.5 Å². The molecule has 0 aliphatic heterocycles. The van der Waals surface area contributed by atoms with Crippen molar-refractivity contribution in [3.63, 3.8) is 0 Å². The number of aromatic nitrogens is 2. The second-order valence-electron chi connectivity index (χ2n) is 3.79. The van der Waals surface area contributed by atoms with Crippen LogP contribution in [0.4, 0.5) is 14.5 Å². The van der Waals surface area contributed by atoms with Crippen molar-refractivity contribution in [1.29, 1.82) is 0 Å². The highest BCUT2D eigenvalue weighted by Crippen LogP contribution is 2.31. The van der Waals surface area contributed by atoms with E-state index in [9.17, 15) is 8.78 Å². The normalized spacial score (nSPS) is 10.4. The summed E-state index contributed by atoms with van der Waals surface area (Å²) >= 11 is 0. The van der Waals surface area contributed by atoms with E-state index in [-0.39, 0.29) is 11.5 Å². The zero-order valence-electron chi connectivity index (χ0n) is 10.7. The molecule has 1 aromatic carbocycles. The lowest BCUT2D eigenvalue weighted by atomic mass is 10.2. The number of hydrogen-bond acceptors (Lipinski definition) is 5. The Balaban J connectivity index is 2.05. The third-order valence-corrected chi connectivity index (χ3v) is 2.47. The van der Waals surface area contributed by atoms with E-state index in [4.69, 9.17) is 4.74 Å². The predicted molar refractivity (Wildman–Crippen MR) is 69.0 cm³/mol. The summed E-state index contributed by atoms with van der Waals surface area (Å²) in [5, 5.41) is 3.09. The molecule has 0 atom stereocenters. The van der Waals surface area contributed by atoms with Crippen LogP contribution in [0.25, 0.3) is 0 Å². The van der Waals surface area contributed by atoms with Gasteiger partial charge in [0.15, 0.2) is 11.5 Å². The molecule has 0 saturated heterocycles. The molecule has 2 rings (SSSR count). The van der Waals surface area contributed by atoms with Crippen LogP contribution in [0.2, 0.25) is 0 Å². The fourth-order valence-corrected chi connectivity index (χ4v) is 1.58. The van der Waals surface area contributed by atoms with Gasteiger partial charge >= 0.3 is 6.61 Å². The quantitative estimate of drug-likeness (QED) is 0.882. The molecule has 20 heavy (non-hydrogen) atoms. The molecule has 0 fully saturated rings. The molecule has 5 nitrogen and oxygen atoms in total. The minimum atomic E-state index is -2.89. The van der Waals surface area contributed by atoms with Gasteiger partial charge in [0.2, 0.25) is 0 Å². The van der Waals surface area contributed by atoms with Gasteiger partial charge in [-0.2, -0.15) is 8.78 Å². The molecule has 2 aromatic rings. The lowest BCUT2D eigenvalue weighted by Crippen LogP contribution is -2.05. The third kappa shape index (κ3) is 3.78. The van der Waals surface area contributed by atoms with Crippen LogP contribution in [0.15, 0.2) is 36.8 Å². The molecule has 7 heteroatoms. The molecule has 0 radical (unpaired) electrons. The number of anilines is 1. The minimum absolute atomic E-state index is 0.00690. The molecule has 0 aliphatic carbocycles. The Kier molecular flexibility index (Phi) is 4.65. The Bertz CT molecular complexity index is 553. The van der Waals surface area contributed by atoms with Crippen molar-refractivity contribution in [3.8, 4) is 11.5 Å². The van der Waals surface area contributed by atoms with Gasteiger partial charge in [0, 0.05) is 24.1 Å². The average Bonchev–Trinajstić information content (AvgIpc) is 2.46. The highest BCUT2D eigenvalue weighted by atomic mass is 19.3. The van der Waals surface area contributed by atoms with Crippen molar-refractivity contribution in [2.75, 3.05) is 12.4 Å². The number of alkyl halides is 2. The van der Waals surface area contributed by atoms with E-state index in [0.717, 1.165) is 5.69 Å². The molecule has 1 aromatic heterocycles. The lowest BCUT2D eigenvalue weighted by Gasteiger charge is -2.12. The van der Waals surface area contributed by atoms with E-state index >= 15 is 0 Å². The smallest absolute Gasteiger partial charge is 0.387 e. The van der Waals surface area contributed by atoms with Gasteiger partial charge in [-0.25, -0.2) is 0 Å². The van der Waals surface area contributed by atoms with Crippen molar-refractivity contribution in [2.45, 2.75) is 13.2 Å². The Morgan fingerprint density at radius 1 is 1.25 bits per heavy atom. The van der Waals surface area contributed by atoms with Crippen LogP contribution < -0.4 is 14.8 Å². The van der Waals surface area contributed by atoms with Gasteiger partial charge in [-0.15, -0.1) is 0 Å². The Morgan fingerprint density at radius 2 is 2.10 bits per heavy atom. The first kappa shape index (κ1) is 14.0. The predicted octanol–water partition coefficient (Wildman–Crippen LogP) is 2.70. The van der Waals surface area contributed by atoms with Crippen LogP contribution in [0.1, 0.15) is 5.69 Å². The molecule has 1 N–H and O–H groups in total. The van der Waals surface area contributed by atoms with Crippen molar-refractivity contribution in [1.82, 2.24) is 9.97 Å². The number of hydrogen-bond donors (Lipinski definition) is 1. The van der Waals surface area contributed by atoms with Crippen LogP contribution in [-0.4, -0.2) is 23.7 Å². The maximum atomic E-state index is 12.2. The summed E-state index contributed by atoms with van der Waals surface area (Å²) in [5.74, 6) is 0.224. The SMILES string of the molecule is COc1cc(NCc2cnccn2)ccc1OC(F)F. The summed E-state index contributed by atoms with van der Waals surface area (Å²) in [6.45, 7) is -2.42. The van der Waals surface area contributed by atoms with Gasteiger partial charge < -0.3 is 14.8 Å². The number of ether oxygens (including phenoxy) is 2. The highest BCUT2D eigenvalue weighted by molar-refractivity contribution is 5.54. The minimum Gasteiger partial charge on any atom is -0.493 e. The molecule has 0 amide bonds. The number of benzene rings is 1. The van der Waals surface area contributed by atoms with Crippen LogP contribution in [0, 0.1) is 0 Å². The summed E-state index contributed by atoms with van der Waals surface area (Å²) in [6.07, 6.45) is 4.82. The summed E-state index contributed by atoms with van der Waals surface area (Å²) in [6, 6.07) is 4.62. The molecule has 106 valence electrons. The number of nitrogens with zero attached hydrogens (tertiary/aromatic N) is 2. The van der Waals surface area contributed by atoms with Crippen molar-refractivity contribution in [3.05, 3.63) is 42.5 Å². The monoisotopic (exact) mass is 281 g/mol. The Hall–Kier alpha value is -2.44. The van der Waals surface area contributed by atoms with E-state index in [1.54, 1.807) is 30.7 Å². The molecular formula is C13H13F2N3O2. The summed E-state index contributed by atoms with van der Waals surface area (Å²) < 4.78 is 33.8. The van der Waals surface area contributed by atoms with E-state index in [0.29, 0.717) is 12.2 Å². The highest BCUT2D eigenvalue weighted by Gasteiger charge is 2.10. The van der Waals surface area contributed by atoms with Crippen LogP contribution in [0.3, 0.4) is 0 Å². The second-order valence-corrected chi connectivity index (χ2v) is 3.79. The van der Waals surface area contributed by atoms with Gasteiger partial charge in [-0.3, -0.25) is 9.97 Å². The van der Waals surface area contributed by atoms with Crippen molar-refractivity contribution in [2.24, 2.45) is 0 Å². The maximum absolute atomic E-state index is 12.2. The number of halogens is 2. The Labute approximate surface area is 114 Å². The molecule has 0 bridgehead atoms. The molecule has 1 heterocycles. The van der Waals surface area contributed by atoms with Gasteiger partial charge in [-0.05, 0) is 12.1 Å². The average molecular weight is 281 g/mol. The van der Waals surface area contributed by atoms with Gasteiger partial charge in [0.25, 0.3) is 0 Å². The molecule has 0 unspecified atom stereocenters. The summed E-state index contributed by atoms with van der Waals surface area (Å²) in [7, 11) is 1.39. The second kappa shape index (κ2) is 6.65. The van der Waals surface area contributed by atoms with Crippen molar-refractivity contribution < 1.29 is 18.3 Å². The zero-order valence-corrected chi connectivity index (χ0v) is 10.7. The van der Waals surface area contributed by atoms with E-state index < -0.39 is 6.61 Å². The number of rotatable bonds is 6. The molecule has 0 spiro atoms. The fourth-order valence-electron chi connectivity index (χ4n) is 1.58. The summed E-state index contributed by atoms with van der Waals surface area (Å²) in [5.41, 5.74) is 1.47. The zero-order chi connectivity index (χ0) is 14.4. The number of nitrogens with one attached hydrogen (secondary N) is 1. The fraction of sp³-hybridized carbons (Fsp3) is 0.231. The Morgan fingerprint density at radius 3 is 2.75 bits per heavy atom. The first-order chi connectivity index (χ1) is 9.69. The van der Waals surface area contributed by atoms with Crippen molar-refractivity contribution >= 4 is 5.69 Å². The maximum Gasteiger partial charge on any atom is 0.387 e. The van der Waals surface area contributed by atoms with Gasteiger partial charge in [-0.1, -0.05) is 0 Å². The lowest BCUT2D eigenvalue weighted by molar-refractivity contribution is -0.0512. The molecule has 0 aliphatic rings. The van der Waals surface area contributed by atoms with Gasteiger partial charge in [0.1, 0.15) is 0 Å². The van der Waals surface area contributed by atoms with E-state index in [2.05, 4.69) is 20.0 Å². The third-order valence-electron chi connectivity index (χ3n) is 2.47. The summed E-state index contributed by atoms with van der Waals surface area (Å²) in [4.78, 5) is 8.06. The standard InChI is InChI=1S/C13H13F2N3O2/c1-19-12-6-9(2-3-11(12)20-13(14)15)18-8-10-7-16-4-5-17-10/h2-7,13,18H,8H2,1H3. The van der Waals surface area contributed by atoms with Crippen LogP contribution in [-0.2, 0) is 6.54 Å².